The van der Waals surface area contributed by atoms with Crippen molar-refractivity contribution < 1.29 is 22.4 Å². The number of aryl methyl sites for hydroxylation is 1. The van der Waals surface area contributed by atoms with E-state index in [1.807, 2.05) is 20.8 Å². The number of rotatable bonds is 4. The molecule has 11 heteroatoms. The van der Waals surface area contributed by atoms with Gasteiger partial charge >= 0.3 is 6.18 Å². The molecule has 1 aromatic carbocycles. The van der Waals surface area contributed by atoms with Gasteiger partial charge in [0.05, 0.1) is 23.6 Å². The Labute approximate surface area is 168 Å². The number of aromatic nitrogens is 4. The molecule has 0 radical (unpaired) electrons. The number of carbonyl (C=O) groups excluding carboxylic acids is 1. The molecule has 1 N–H and O–H groups in total. The Balaban J connectivity index is 1.73. The van der Waals surface area contributed by atoms with Crippen molar-refractivity contribution in [1.82, 2.24) is 19.3 Å². The molecule has 0 saturated heterocycles. The minimum absolute atomic E-state index is 0.0401. The molecule has 7 nitrogen and oxygen atoms in total. The maximum absolute atomic E-state index is 13.3. The molecule has 0 spiro atoms. The van der Waals surface area contributed by atoms with Crippen molar-refractivity contribution >= 4 is 22.6 Å². The normalized spacial score (nSPS) is 12.4. The number of benzene rings is 1. The Hall–Kier alpha value is -3.24. The van der Waals surface area contributed by atoms with Crippen LogP contribution in [-0.4, -0.2) is 25.2 Å². The van der Waals surface area contributed by atoms with Crippen molar-refractivity contribution in [2.45, 2.75) is 45.5 Å². The first-order valence-electron chi connectivity index (χ1n) is 8.98. The number of fused-ring (bicyclic) bond motifs is 1. The second kappa shape index (κ2) is 7.54. The van der Waals surface area contributed by atoms with Gasteiger partial charge in [-0.3, -0.25) is 14.2 Å². The van der Waals surface area contributed by atoms with E-state index in [1.54, 1.807) is 4.68 Å². The molecule has 30 heavy (non-hydrogen) atoms. The largest absolute Gasteiger partial charge is 0.419 e. The number of nitrogens with zero attached hydrogens (tertiary/aromatic N) is 4. The van der Waals surface area contributed by atoms with E-state index in [4.69, 9.17) is 0 Å². The van der Waals surface area contributed by atoms with E-state index in [2.05, 4.69) is 15.4 Å². The smallest absolute Gasteiger partial charge is 0.326 e. The number of alkyl halides is 3. The highest BCUT2D eigenvalue weighted by molar-refractivity contribution is 5.90. The van der Waals surface area contributed by atoms with E-state index < -0.39 is 23.5 Å². The molecule has 2 aromatic heterocycles. The Morgan fingerprint density at radius 2 is 1.90 bits per heavy atom. The topological polar surface area (TPSA) is 81.8 Å². The fourth-order valence-electron chi connectivity index (χ4n) is 2.86. The Morgan fingerprint density at radius 1 is 1.20 bits per heavy atom. The fourth-order valence-corrected chi connectivity index (χ4v) is 2.86. The van der Waals surface area contributed by atoms with Crippen LogP contribution in [0.4, 0.5) is 23.2 Å². The van der Waals surface area contributed by atoms with Crippen molar-refractivity contribution in [3.8, 4) is 0 Å². The lowest BCUT2D eigenvalue weighted by Crippen LogP contribution is -2.26. The van der Waals surface area contributed by atoms with Crippen LogP contribution in [0.2, 0.25) is 0 Å². The first-order valence-corrected chi connectivity index (χ1v) is 8.98. The summed E-state index contributed by atoms with van der Waals surface area (Å²) in [7, 11) is 0. The van der Waals surface area contributed by atoms with Gasteiger partial charge in [-0.25, -0.2) is 14.1 Å². The number of hydrogen-bond donors (Lipinski definition) is 1. The van der Waals surface area contributed by atoms with Gasteiger partial charge in [0.25, 0.3) is 5.56 Å². The lowest BCUT2D eigenvalue weighted by molar-refractivity contribution is -0.140. The maximum Gasteiger partial charge on any atom is 0.419 e. The number of hydrogen-bond acceptors (Lipinski definition) is 4. The van der Waals surface area contributed by atoms with E-state index >= 15 is 0 Å². The van der Waals surface area contributed by atoms with Crippen molar-refractivity contribution in [3.05, 3.63) is 52.5 Å². The number of carbonyl (C=O) groups is 1. The van der Waals surface area contributed by atoms with Gasteiger partial charge in [0.15, 0.2) is 5.65 Å². The third-order valence-electron chi connectivity index (χ3n) is 4.33. The highest BCUT2D eigenvalue weighted by atomic mass is 19.4. The lowest BCUT2D eigenvalue weighted by atomic mass is 10.1. The van der Waals surface area contributed by atoms with Crippen molar-refractivity contribution in [1.29, 1.82) is 0 Å². The molecule has 0 aliphatic heterocycles. The summed E-state index contributed by atoms with van der Waals surface area (Å²) in [6.07, 6.45) is -2.37. The van der Waals surface area contributed by atoms with Crippen LogP contribution in [0, 0.1) is 5.82 Å². The summed E-state index contributed by atoms with van der Waals surface area (Å²) in [5, 5.41) is 6.76. The van der Waals surface area contributed by atoms with Crippen LogP contribution in [-0.2, 0) is 23.1 Å². The number of anilines is 1. The molecular weight excluding hydrogens is 406 g/mol. The molecule has 0 aliphatic carbocycles. The molecule has 0 aliphatic rings. The average Bonchev–Trinajstić information content (AvgIpc) is 3.07. The molecule has 3 rings (SSSR count). The molecule has 0 unspecified atom stereocenters. The van der Waals surface area contributed by atoms with Crippen LogP contribution in [0.25, 0.3) is 11.0 Å². The summed E-state index contributed by atoms with van der Waals surface area (Å²) in [6, 6.07) is 2.19. The molecule has 3 aromatic rings. The second-order valence-electron chi connectivity index (χ2n) is 7.70. The van der Waals surface area contributed by atoms with Crippen LogP contribution in [0.1, 0.15) is 32.8 Å². The molecule has 1 amide bonds. The quantitative estimate of drug-likeness (QED) is 0.649. The summed E-state index contributed by atoms with van der Waals surface area (Å²) in [6.45, 7) is 5.70. The first kappa shape index (κ1) is 21.5. The van der Waals surface area contributed by atoms with E-state index in [9.17, 15) is 27.2 Å². The predicted octanol–water partition coefficient (Wildman–Crippen LogP) is 3.53. The Morgan fingerprint density at radius 3 is 2.53 bits per heavy atom. The number of halogens is 4. The second-order valence-corrected chi connectivity index (χ2v) is 7.70. The monoisotopic (exact) mass is 425 g/mol. The van der Waals surface area contributed by atoms with Crippen molar-refractivity contribution in [3.63, 3.8) is 0 Å². The SMILES string of the molecule is CC(C)(C)n1ncc2c(=O)n(CCC(=O)Nc3ccc(F)c(C(F)(F)F)c3)cnc21. The standard InChI is InChI=1S/C19H19F4N5O2/c1-18(2,3)28-16-12(9-25-28)17(30)27(10-24-16)7-6-15(29)26-11-4-5-14(20)13(8-11)19(21,22)23/h4-5,8-10H,6-7H2,1-3H3,(H,26,29). The highest BCUT2D eigenvalue weighted by Crippen LogP contribution is 2.33. The molecule has 0 bridgehead atoms. The number of amides is 1. The van der Waals surface area contributed by atoms with Crippen molar-refractivity contribution in [2.75, 3.05) is 5.32 Å². The van der Waals surface area contributed by atoms with Crippen LogP contribution < -0.4 is 10.9 Å². The van der Waals surface area contributed by atoms with Gasteiger partial charge in [0.1, 0.15) is 11.2 Å². The minimum Gasteiger partial charge on any atom is -0.326 e. The molecule has 0 saturated carbocycles. The van der Waals surface area contributed by atoms with E-state index in [1.165, 1.54) is 17.1 Å². The van der Waals surface area contributed by atoms with Gasteiger partial charge in [-0.05, 0) is 39.0 Å². The Bertz CT molecular complexity index is 1160. The van der Waals surface area contributed by atoms with E-state index in [0.29, 0.717) is 23.2 Å². The van der Waals surface area contributed by atoms with Gasteiger partial charge in [-0.1, -0.05) is 0 Å². The molecular formula is C19H19F4N5O2. The van der Waals surface area contributed by atoms with Crippen LogP contribution in [0.5, 0.6) is 0 Å². The van der Waals surface area contributed by atoms with Gasteiger partial charge in [0.2, 0.25) is 5.91 Å². The van der Waals surface area contributed by atoms with Crippen LogP contribution in [0.15, 0.2) is 35.5 Å². The summed E-state index contributed by atoms with van der Waals surface area (Å²) >= 11 is 0. The van der Waals surface area contributed by atoms with E-state index in [-0.39, 0.29) is 29.8 Å². The van der Waals surface area contributed by atoms with Crippen LogP contribution >= 0.6 is 0 Å². The first-order chi connectivity index (χ1) is 13.9. The average molecular weight is 425 g/mol. The zero-order valence-corrected chi connectivity index (χ0v) is 16.4. The van der Waals surface area contributed by atoms with Gasteiger partial charge in [0, 0.05) is 18.7 Å². The van der Waals surface area contributed by atoms with Crippen molar-refractivity contribution in [2.24, 2.45) is 0 Å². The van der Waals surface area contributed by atoms with Gasteiger partial charge < -0.3 is 5.32 Å². The lowest BCUT2D eigenvalue weighted by Gasteiger charge is -2.19. The molecule has 0 fully saturated rings. The minimum atomic E-state index is -4.88. The summed E-state index contributed by atoms with van der Waals surface area (Å²) in [4.78, 5) is 29.0. The Kier molecular flexibility index (Phi) is 5.40. The summed E-state index contributed by atoms with van der Waals surface area (Å²) in [5.41, 5.74) is -2.01. The zero-order chi connectivity index (χ0) is 22.3. The zero-order valence-electron chi connectivity index (χ0n) is 16.4. The van der Waals surface area contributed by atoms with Gasteiger partial charge in [-0.2, -0.15) is 18.3 Å². The fraction of sp³-hybridized carbons (Fsp3) is 0.368. The third-order valence-corrected chi connectivity index (χ3v) is 4.33. The van der Waals surface area contributed by atoms with Crippen LogP contribution in [0.3, 0.4) is 0 Å². The third kappa shape index (κ3) is 4.34. The van der Waals surface area contributed by atoms with Gasteiger partial charge in [-0.15, -0.1) is 0 Å². The van der Waals surface area contributed by atoms with E-state index in [0.717, 1.165) is 6.07 Å². The summed E-state index contributed by atoms with van der Waals surface area (Å²) < 4.78 is 54.5. The molecule has 2 heterocycles. The highest BCUT2D eigenvalue weighted by Gasteiger charge is 2.34. The molecule has 0 atom stereocenters. The summed E-state index contributed by atoms with van der Waals surface area (Å²) in [5.74, 6) is -2.06. The number of nitrogens with one attached hydrogen (secondary N) is 1. The predicted molar refractivity (Wildman–Crippen MR) is 101 cm³/mol. The molecule has 160 valence electrons. The maximum atomic E-state index is 13.3.